The topological polar surface area (TPSA) is 132 Å². The maximum atomic E-state index is 13.0. The predicted octanol–water partition coefficient (Wildman–Crippen LogP) is 4.35. The third-order valence-electron chi connectivity index (χ3n) is 5.54. The molecule has 0 saturated carbocycles. The van der Waals surface area contributed by atoms with Gasteiger partial charge in [0.1, 0.15) is 11.5 Å². The third kappa shape index (κ3) is 6.55. The van der Waals surface area contributed by atoms with Gasteiger partial charge in [-0.3, -0.25) is 14.9 Å². The lowest BCUT2D eigenvalue weighted by molar-refractivity contribution is -0.385. The second-order valence-electron chi connectivity index (χ2n) is 8.00. The first kappa shape index (κ1) is 26.6. The van der Waals surface area contributed by atoms with Crippen molar-refractivity contribution in [3.63, 3.8) is 0 Å². The Morgan fingerprint density at radius 1 is 0.944 bits per heavy atom. The van der Waals surface area contributed by atoms with Gasteiger partial charge in [0.25, 0.3) is 5.91 Å². The standard InChI is InChI=1S/C25H32N4O7/c1-4-34-21-10-9-18(14-19(21)24(30)28-11-7-8-12-28)27-25(31)26-16-17-13-23(36-6-3)20(29(32)33)15-22(17)35-5-2/h9-10,13-15H,4-8,11-12,16H2,1-3H3,(H2,26,27,31). The summed E-state index contributed by atoms with van der Waals surface area (Å²) in [5, 5.41) is 16.9. The number of amides is 3. The molecule has 2 aromatic carbocycles. The summed E-state index contributed by atoms with van der Waals surface area (Å²) in [5.74, 6) is 0.721. The van der Waals surface area contributed by atoms with Gasteiger partial charge in [0.05, 0.1) is 36.4 Å². The number of hydrogen-bond acceptors (Lipinski definition) is 7. The van der Waals surface area contributed by atoms with Crippen molar-refractivity contribution in [2.75, 3.05) is 38.2 Å². The van der Waals surface area contributed by atoms with E-state index in [1.807, 2.05) is 6.92 Å². The van der Waals surface area contributed by atoms with Crippen molar-refractivity contribution in [1.29, 1.82) is 0 Å². The minimum absolute atomic E-state index is 0.0375. The van der Waals surface area contributed by atoms with E-state index in [0.29, 0.717) is 48.9 Å². The minimum atomic E-state index is -0.537. The molecule has 0 unspecified atom stereocenters. The van der Waals surface area contributed by atoms with Gasteiger partial charge in [-0.05, 0) is 57.9 Å². The number of carbonyl (C=O) groups is 2. The fourth-order valence-electron chi connectivity index (χ4n) is 3.93. The van der Waals surface area contributed by atoms with Crippen molar-refractivity contribution in [3.8, 4) is 17.2 Å². The number of carbonyl (C=O) groups excluding carboxylic acids is 2. The highest BCUT2D eigenvalue weighted by Crippen LogP contribution is 2.35. The number of nitrogens with zero attached hydrogens (tertiary/aromatic N) is 2. The minimum Gasteiger partial charge on any atom is -0.493 e. The van der Waals surface area contributed by atoms with Crippen molar-refractivity contribution < 1.29 is 28.7 Å². The molecule has 1 aliphatic heterocycles. The van der Waals surface area contributed by atoms with E-state index in [9.17, 15) is 19.7 Å². The van der Waals surface area contributed by atoms with E-state index < -0.39 is 11.0 Å². The van der Waals surface area contributed by atoms with E-state index >= 15 is 0 Å². The molecule has 0 aliphatic carbocycles. The van der Waals surface area contributed by atoms with Gasteiger partial charge in [0.15, 0.2) is 5.75 Å². The normalized spacial score (nSPS) is 12.7. The largest absolute Gasteiger partial charge is 0.493 e. The SMILES string of the molecule is CCOc1cc([N+](=O)[O-])c(OCC)cc1CNC(=O)Nc1ccc(OCC)c(C(=O)N2CCCC2)c1. The van der Waals surface area contributed by atoms with Gasteiger partial charge >= 0.3 is 11.7 Å². The van der Waals surface area contributed by atoms with E-state index in [1.54, 1.807) is 36.9 Å². The fourth-order valence-corrected chi connectivity index (χ4v) is 3.93. The van der Waals surface area contributed by atoms with E-state index in [2.05, 4.69) is 10.6 Å². The molecule has 0 atom stereocenters. The number of likely N-dealkylation sites (tertiary alicyclic amines) is 1. The summed E-state index contributed by atoms with van der Waals surface area (Å²) in [7, 11) is 0. The molecular formula is C25H32N4O7. The van der Waals surface area contributed by atoms with Crippen LogP contribution in [-0.4, -0.2) is 54.7 Å². The van der Waals surface area contributed by atoms with Crippen LogP contribution in [-0.2, 0) is 6.54 Å². The van der Waals surface area contributed by atoms with Gasteiger partial charge in [-0.2, -0.15) is 0 Å². The molecule has 3 amide bonds. The van der Waals surface area contributed by atoms with Crippen molar-refractivity contribution in [2.24, 2.45) is 0 Å². The molecule has 3 rings (SSSR count). The second-order valence-corrected chi connectivity index (χ2v) is 8.00. The fraction of sp³-hybridized carbons (Fsp3) is 0.440. The highest BCUT2D eigenvalue weighted by molar-refractivity contribution is 5.99. The number of hydrogen-bond donors (Lipinski definition) is 2. The first-order chi connectivity index (χ1) is 17.4. The molecule has 2 N–H and O–H groups in total. The Morgan fingerprint density at radius 3 is 2.22 bits per heavy atom. The summed E-state index contributed by atoms with van der Waals surface area (Å²) < 4.78 is 16.6. The second kappa shape index (κ2) is 12.6. The first-order valence-corrected chi connectivity index (χ1v) is 12.1. The van der Waals surface area contributed by atoms with Crippen LogP contribution in [0.3, 0.4) is 0 Å². The van der Waals surface area contributed by atoms with Crippen LogP contribution in [0.5, 0.6) is 17.2 Å². The maximum absolute atomic E-state index is 13.0. The lowest BCUT2D eigenvalue weighted by atomic mass is 10.1. The Labute approximate surface area is 209 Å². The van der Waals surface area contributed by atoms with Gasteiger partial charge < -0.3 is 29.7 Å². The molecule has 11 heteroatoms. The molecule has 36 heavy (non-hydrogen) atoms. The number of rotatable bonds is 11. The van der Waals surface area contributed by atoms with Crippen LogP contribution in [0.15, 0.2) is 30.3 Å². The monoisotopic (exact) mass is 500 g/mol. The number of nitro groups is 1. The summed E-state index contributed by atoms with van der Waals surface area (Å²) in [6, 6.07) is 7.21. The zero-order valence-corrected chi connectivity index (χ0v) is 20.8. The van der Waals surface area contributed by atoms with Crippen LogP contribution < -0.4 is 24.8 Å². The van der Waals surface area contributed by atoms with E-state index in [1.165, 1.54) is 12.1 Å². The Morgan fingerprint density at radius 2 is 1.58 bits per heavy atom. The summed E-state index contributed by atoms with van der Waals surface area (Å²) in [6.07, 6.45) is 1.93. The number of anilines is 1. The summed E-state index contributed by atoms with van der Waals surface area (Å²) in [4.78, 5) is 38.3. The predicted molar refractivity (Wildman–Crippen MR) is 134 cm³/mol. The van der Waals surface area contributed by atoms with Crippen molar-refractivity contribution in [1.82, 2.24) is 10.2 Å². The van der Waals surface area contributed by atoms with Gasteiger partial charge in [-0.25, -0.2) is 4.79 Å². The number of urea groups is 1. The van der Waals surface area contributed by atoms with Crippen LogP contribution in [0.4, 0.5) is 16.2 Å². The van der Waals surface area contributed by atoms with Crippen LogP contribution >= 0.6 is 0 Å². The molecule has 11 nitrogen and oxygen atoms in total. The number of ether oxygens (including phenoxy) is 3. The summed E-state index contributed by atoms with van der Waals surface area (Å²) >= 11 is 0. The number of nitro benzene ring substituents is 1. The summed E-state index contributed by atoms with van der Waals surface area (Å²) in [6.45, 7) is 7.72. The van der Waals surface area contributed by atoms with Crippen molar-refractivity contribution in [3.05, 3.63) is 51.6 Å². The summed E-state index contributed by atoms with van der Waals surface area (Å²) in [5.41, 5.74) is 1.14. The smallest absolute Gasteiger partial charge is 0.319 e. The molecule has 1 heterocycles. The first-order valence-electron chi connectivity index (χ1n) is 12.1. The number of benzene rings is 2. The Balaban J connectivity index is 1.75. The average molecular weight is 501 g/mol. The third-order valence-corrected chi connectivity index (χ3v) is 5.54. The van der Waals surface area contributed by atoms with E-state index in [0.717, 1.165) is 12.8 Å². The van der Waals surface area contributed by atoms with Gasteiger partial charge in [0.2, 0.25) is 0 Å². The Bertz CT molecular complexity index is 1100. The van der Waals surface area contributed by atoms with Crippen LogP contribution in [0.1, 0.15) is 49.5 Å². The zero-order valence-electron chi connectivity index (χ0n) is 20.8. The van der Waals surface area contributed by atoms with Crippen molar-refractivity contribution >= 4 is 23.3 Å². The van der Waals surface area contributed by atoms with Gasteiger partial charge in [-0.1, -0.05) is 0 Å². The lowest BCUT2D eigenvalue weighted by Gasteiger charge is -2.19. The molecule has 0 spiro atoms. The zero-order chi connectivity index (χ0) is 26.1. The van der Waals surface area contributed by atoms with Crippen LogP contribution in [0.25, 0.3) is 0 Å². The maximum Gasteiger partial charge on any atom is 0.319 e. The van der Waals surface area contributed by atoms with Crippen LogP contribution in [0.2, 0.25) is 0 Å². The molecule has 1 aliphatic rings. The molecule has 2 aromatic rings. The molecule has 194 valence electrons. The van der Waals surface area contributed by atoms with Crippen LogP contribution in [0, 0.1) is 10.1 Å². The molecule has 1 saturated heterocycles. The van der Waals surface area contributed by atoms with Gasteiger partial charge in [0, 0.05) is 30.9 Å². The molecule has 1 fully saturated rings. The molecule has 0 aromatic heterocycles. The highest BCUT2D eigenvalue weighted by Gasteiger charge is 2.24. The van der Waals surface area contributed by atoms with Gasteiger partial charge in [-0.15, -0.1) is 0 Å². The quantitative estimate of drug-likeness (QED) is 0.346. The molecule has 0 bridgehead atoms. The molecule has 0 radical (unpaired) electrons. The number of nitrogens with one attached hydrogen (secondary N) is 2. The molecular weight excluding hydrogens is 468 g/mol. The Hall–Kier alpha value is -4.02. The average Bonchev–Trinajstić information content (AvgIpc) is 3.39. The van der Waals surface area contributed by atoms with E-state index in [-0.39, 0.29) is 36.2 Å². The van der Waals surface area contributed by atoms with E-state index in [4.69, 9.17) is 14.2 Å². The van der Waals surface area contributed by atoms with Crippen molar-refractivity contribution in [2.45, 2.75) is 40.2 Å². The highest BCUT2D eigenvalue weighted by atomic mass is 16.6. The Kier molecular flexibility index (Phi) is 9.32. The lowest BCUT2D eigenvalue weighted by Crippen LogP contribution is -2.30.